The van der Waals surface area contributed by atoms with Gasteiger partial charge in [-0.3, -0.25) is 14.9 Å². The average Bonchev–Trinajstić information content (AvgIpc) is 3.10. The normalized spacial score (nSPS) is 11.7. The number of amides is 1. The maximum atomic E-state index is 12.3. The van der Waals surface area contributed by atoms with Crippen LogP contribution in [0.3, 0.4) is 0 Å². The number of phenols is 1. The van der Waals surface area contributed by atoms with E-state index in [2.05, 4.69) is 15.5 Å². The monoisotopic (exact) mass is 386 g/mol. The van der Waals surface area contributed by atoms with Crippen molar-refractivity contribution in [3.8, 4) is 17.2 Å². The quantitative estimate of drug-likeness (QED) is 0.374. The van der Waals surface area contributed by atoms with E-state index < -0.39 is 10.2 Å². The van der Waals surface area contributed by atoms with Crippen molar-refractivity contribution < 1.29 is 19.2 Å². The number of aromatic hydroxyl groups is 1. The molecule has 0 bridgehead atoms. The topological polar surface area (TPSA) is 131 Å². The minimum Gasteiger partial charge on any atom is -0.507 e. The first-order chi connectivity index (χ1) is 12.9. The predicted octanol–water partition coefficient (Wildman–Crippen LogP) is 3.47. The van der Waals surface area contributed by atoms with Gasteiger partial charge in [0.2, 0.25) is 5.91 Å². The van der Waals surface area contributed by atoms with Crippen LogP contribution in [0.4, 0.5) is 11.4 Å². The second-order valence-corrected chi connectivity index (χ2v) is 6.74. The van der Waals surface area contributed by atoms with Gasteiger partial charge in [-0.05, 0) is 25.1 Å². The van der Waals surface area contributed by atoms with Crippen LogP contribution in [0.1, 0.15) is 6.92 Å². The lowest BCUT2D eigenvalue weighted by atomic mass is 10.2. The predicted molar refractivity (Wildman–Crippen MR) is 98.4 cm³/mol. The van der Waals surface area contributed by atoms with Crippen LogP contribution in [0.15, 0.2) is 58.2 Å². The number of nitro benzene ring substituents is 1. The molecule has 0 unspecified atom stereocenters. The molecule has 2 aromatic carbocycles. The van der Waals surface area contributed by atoms with E-state index in [1.165, 1.54) is 24.3 Å². The molecule has 10 heteroatoms. The fourth-order valence-corrected chi connectivity index (χ4v) is 2.85. The molecule has 1 atom stereocenters. The van der Waals surface area contributed by atoms with Gasteiger partial charge in [-0.1, -0.05) is 30.0 Å². The van der Waals surface area contributed by atoms with Crippen molar-refractivity contribution in [1.29, 1.82) is 0 Å². The Hall–Kier alpha value is -3.40. The fourth-order valence-electron chi connectivity index (χ4n) is 2.17. The van der Waals surface area contributed by atoms with Gasteiger partial charge in [-0.2, -0.15) is 0 Å². The summed E-state index contributed by atoms with van der Waals surface area (Å²) in [5, 5.41) is 30.5. The summed E-state index contributed by atoms with van der Waals surface area (Å²) in [6.07, 6.45) is 0. The summed E-state index contributed by atoms with van der Waals surface area (Å²) >= 11 is 1.03. The Kier molecular flexibility index (Phi) is 5.36. The minimum absolute atomic E-state index is 0.00848. The molecule has 0 aliphatic carbocycles. The van der Waals surface area contributed by atoms with E-state index in [0.29, 0.717) is 11.3 Å². The molecule has 1 amide bonds. The van der Waals surface area contributed by atoms with Gasteiger partial charge in [0.1, 0.15) is 5.75 Å². The molecule has 0 aliphatic rings. The SMILES string of the molecule is C[C@@H](Sc1nnc(-c2ccccc2O)o1)C(=O)Nc1cccc([N+](=O)[O-])c1. The first-order valence-corrected chi connectivity index (χ1v) is 8.66. The van der Waals surface area contributed by atoms with Crippen LogP contribution < -0.4 is 5.32 Å². The lowest BCUT2D eigenvalue weighted by molar-refractivity contribution is -0.384. The van der Waals surface area contributed by atoms with E-state index in [-0.39, 0.29) is 28.5 Å². The van der Waals surface area contributed by atoms with Crippen LogP contribution in [0.2, 0.25) is 0 Å². The van der Waals surface area contributed by atoms with Gasteiger partial charge in [-0.15, -0.1) is 10.2 Å². The first kappa shape index (κ1) is 18.4. The zero-order chi connectivity index (χ0) is 19.4. The number of nitrogens with zero attached hydrogens (tertiary/aromatic N) is 3. The summed E-state index contributed by atoms with van der Waals surface area (Å²) in [5.41, 5.74) is 0.602. The van der Waals surface area contributed by atoms with Crippen LogP contribution in [0, 0.1) is 10.1 Å². The van der Waals surface area contributed by atoms with Crippen molar-refractivity contribution in [2.75, 3.05) is 5.32 Å². The summed E-state index contributed by atoms with van der Waals surface area (Å²) in [5.74, 6) is -0.223. The number of rotatable bonds is 6. The number of thioether (sulfide) groups is 1. The Labute approximate surface area is 157 Å². The lowest BCUT2D eigenvalue weighted by Gasteiger charge is -2.09. The lowest BCUT2D eigenvalue weighted by Crippen LogP contribution is -2.22. The Morgan fingerprint density at radius 2 is 2.04 bits per heavy atom. The molecule has 1 aromatic heterocycles. The number of hydrogen-bond acceptors (Lipinski definition) is 8. The number of carbonyl (C=O) groups excluding carboxylic acids is 1. The summed E-state index contributed by atoms with van der Waals surface area (Å²) < 4.78 is 5.48. The van der Waals surface area contributed by atoms with Gasteiger partial charge in [0, 0.05) is 17.8 Å². The van der Waals surface area contributed by atoms with E-state index in [9.17, 15) is 20.0 Å². The third kappa shape index (κ3) is 4.42. The summed E-state index contributed by atoms with van der Waals surface area (Å²) in [6, 6.07) is 12.2. The van der Waals surface area contributed by atoms with Gasteiger partial charge >= 0.3 is 0 Å². The number of hydrogen-bond donors (Lipinski definition) is 2. The molecule has 3 aromatic rings. The van der Waals surface area contributed by atoms with Crippen LogP contribution in [0.25, 0.3) is 11.5 Å². The number of carbonyl (C=O) groups is 1. The Morgan fingerprint density at radius 1 is 1.26 bits per heavy atom. The van der Waals surface area contributed by atoms with Crippen molar-refractivity contribution in [2.45, 2.75) is 17.4 Å². The van der Waals surface area contributed by atoms with Crippen LogP contribution >= 0.6 is 11.8 Å². The van der Waals surface area contributed by atoms with Crippen molar-refractivity contribution in [2.24, 2.45) is 0 Å². The molecule has 9 nitrogen and oxygen atoms in total. The van der Waals surface area contributed by atoms with Crippen molar-refractivity contribution in [3.05, 3.63) is 58.6 Å². The second-order valence-electron chi connectivity index (χ2n) is 5.45. The number of nitro groups is 1. The first-order valence-electron chi connectivity index (χ1n) is 7.78. The van der Waals surface area contributed by atoms with Gasteiger partial charge in [0.15, 0.2) is 0 Å². The summed E-state index contributed by atoms with van der Waals surface area (Å²) in [6.45, 7) is 1.64. The van der Waals surface area contributed by atoms with E-state index in [1.807, 2.05) is 0 Å². The molecule has 0 fully saturated rings. The Bertz CT molecular complexity index is 991. The van der Waals surface area contributed by atoms with Crippen LogP contribution in [-0.4, -0.2) is 31.4 Å². The molecular formula is C17H14N4O5S. The van der Waals surface area contributed by atoms with Gasteiger partial charge < -0.3 is 14.8 Å². The molecule has 0 spiro atoms. The standard InChI is InChI=1S/C17H14N4O5S/c1-10(15(23)18-11-5-4-6-12(9-11)21(24)25)27-17-20-19-16(26-17)13-7-2-3-8-14(13)22/h2-10,22H,1H3,(H,18,23)/t10-/m1/s1. The molecule has 138 valence electrons. The largest absolute Gasteiger partial charge is 0.507 e. The Balaban J connectivity index is 1.66. The molecule has 0 saturated carbocycles. The zero-order valence-corrected chi connectivity index (χ0v) is 14.8. The average molecular weight is 386 g/mol. The molecule has 0 aliphatic heterocycles. The van der Waals surface area contributed by atoms with E-state index in [1.54, 1.807) is 31.2 Å². The van der Waals surface area contributed by atoms with Crippen LogP contribution in [0.5, 0.6) is 5.75 Å². The summed E-state index contributed by atoms with van der Waals surface area (Å²) in [7, 11) is 0. The van der Waals surface area contributed by atoms with Crippen molar-refractivity contribution >= 4 is 29.0 Å². The maximum absolute atomic E-state index is 12.3. The number of para-hydroxylation sites is 1. The van der Waals surface area contributed by atoms with E-state index in [4.69, 9.17) is 4.42 Å². The number of benzene rings is 2. The van der Waals surface area contributed by atoms with Crippen molar-refractivity contribution in [3.63, 3.8) is 0 Å². The zero-order valence-electron chi connectivity index (χ0n) is 14.0. The second kappa shape index (κ2) is 7.87. The van der Waals surface area contributed by atoms with Gasteiger partial charge in [0.25, 0.3) is 16.8 Å². The number of anilines is 1. The molecule has 27 heavy (non-hydrogen) atoms. The molecule has 3 rings (SSSR count). The number of nitrogens with one attached hydrogen (secondary N) is 1. The minimum atomic E-state index is -0.595. The van der Waals surface area contributed by atoms with E-state index >= 15 is 0 Å². The number of aromatic nitrogens is 2. The smallest absolute Gasteiger partial charge is 0.277 e. The third-order valence-electron chi connectivity index (χ3n) is 3.51. The maximum Gasteiger partial charge on any atom is 0.277 e. The molecular weight excluding hydrogens is 372 g/mol. The highest BCUT2D eigenvalue weighted by Gasteiger charge is 2.20. The van der Waals surface area contributed by atoms with Gasteiger partial charge in [0.05, 0.1) is 15.7 Å². The highest BCUT2D eigenvalue weighted by atomic mass is 32.2. The molecule has 0 radical (unpaired) electrons. The highest BCUT2D eigenvalue weighted by Crippen LogP contribution is 2.31. The molecule has 0 saturated heterocycles. The fraction of sp³-hybridized carbons (Fsp3) is 0.118. The highest BCUT2D eigenvalue weighted by molar-refractivity contribution is 8.00. The van der Waals surface area contributed by atoms with Gasteiger partial charge in [-0.25, -0.2) is 0 Å². The van der Waals surface area contributed by atoms with E-state index in [0.717, 1.165) is 11.8 Å². The van der Waals surface area contributed by atoms with Crippen molar-refractivity contribution in [1.82, 2.24) is 10.2 Å². The third-order valence-corrected chi connectivity index (χ3v) is 4.45. The Morgan fingerprint density at radius 3 is 2.78 bits per heavy atom. The number of non-ortho nitro benzene ring substituents is 1. The molecule has 2 N–H and O–H groups in total. The number of phenolic OH excluding ortho intramolecular Hbond substituents is 1. The molecule has 1 heterocycles. The van der Waals surface area contributed by atoms with Crippen LogP contribution in [-0.2, 0) is 4.79 Å². The summed E-state index contributed by atoms with van der Waals surface area (Å²) in [4.78, 5) is 22.6.